The van der Waals surface area contributed by atoms with Crippen molar-refractivity contribution in [3.05, 3.63) is 35.4 Å². The lowest BCUT2D eigenvalue weighted by molar-refractivity contribution is -0.141. The fraction of sp³-hybridized carbons (Fsp3) is 0.438. The van der Waals surface area contributed by atoms with Gasteiger partial charge in [-0.3, -0.25) is 4.79 Å². The Morgan fingerprint density at radius 3 is 2.73 bits per heavy atom. The molecule has 1 heterocycles. The monoisotopic (exact) mass is 305 g/mol. The smallest absolute Gasteiger partial charge is 0.327 e. The van der Waals surface area contributed by atoms with Crippen LogP contribution in [0.3, 0.4) is 0 Å². The van der Waals surface area contributed by atoms with E-state index >= 15 is 0 Å². The van der Waals surface area contributed by atoms with Crippen LogP contribution >= 0.6 is 0 Å². The van der Waals surface area contributed by atoms with Gasteiger partial charge >= 0.3 is 5.97 Å². The van der Waals surface area contributed by atoms with Crippen LogP contribution in [0.1, 0.15) is 25.2 Å². The molecule has 0 aliphatic carbocycles. The van der Waals surface area contributed by atoms with Crippen LogP contribution in [0.2, 0.25) is 0 Å². The summed E-state index contributed by atoms with van der Waals surface area (Å²) in [5, 5.41) is 4.37. The van der Waals surface area contributed by atoms with Gasteiger partial charge in [0.25, 0.3) is 0 Å². The Morgan fingerprint density at radius 2 is 2.14 bits per heavy atom. The highest BCUT2D eigenvalue weighted by atomic mass is 19.1. The second-order valence-corrected chi connectivity index (χ2v) is 5.65. The van der Waals surface area contributed by atoms with Gasteiger partial charge in [-0.2, -0.15) is 5.10 Å². The van der Waals surface area contributed by atoms with Gasteiger partial charge in [-0.1, -0.05) is 13.8 Å². The van der Waals surface area contributed by atoms with Crippen LogP contribution in [-0.2, 0) is 22.5 Å². The van der Waals surface area contributed by atoms with Crippen LogP contribution in [0, 0.1) is 18.7 Å². The van der Waals surface area contributed by atoms with E-state index in [1.807, 2.05) is 0 Å². The van der Waals surface area contributed by atoms with Gasteiger partial charge in [0.15, 0.2) is 5.82 Å². The second kappa shape index (κ2) is 6.68. The highest BCUT2D eigenvalue weighted by Gasteiger charge is 2.16. The summed E-state index contributed by atoms with van der Waals surface area (Å²) in [6.45, 7) is 5.85. The molecule has 0 N–H and O–H groups in total. The third-order valence-corrected chi connectivity index (χ3v) is 3.26. The molecule has 1 aromatic carbocycles. The summed E-state index contributed by atoms with van der Waals surface area (Å²) in [7, 11) is 1.34. The average Bonchev–Trinajstić information content (AvgIpc) is 2.83. The molecule has 0 saturated carbocycles. The average molecular weight is 305 g/mol. The predicted molar refractivity (Wildman–Crippen MR) is 80.7 cm³/mol. The molecule has 0 unspecified atom stereocenters. The minimum absolute atomic E-state index is 0.0196. The van der Waals surface area contributed by atoms with Gasteiger partial charge in [-0.05, 0) is 36.6 Å². The highest BCUT2D eigenvalue weighted by Crippen LogP contribution is 2.20. The lowest BCUT2D eigenvalue weighted by atomic mass is 10.1. The Kier molecular flexibility index (Phi) is 4.90. The van der Waals surface area contributed by atoms with Crippen molar-refractivity contribution in [3.63, 3.8) is 0 Å². The molecule has 0 amide bonds. The number of hydrogen-bond acceptors (Lipinski definition) is 4. The first kappa shape index (κ1) is 16.1. The zero-order valence-electron chi connectivity index (χ0n) is 13.3. The Morgan fingerprint density at radius 1 is 1.41 bits per heavy atom. The third-order valence-electron chi connectivity index (χ3n) is 3.26. The largest absolute Gasteiger partial charge is 0.468 e. The topological polar surface area (TPSA) is 57.0 Å². The number of esters is 1. The summed E-state index contributed by atoms with van der Waals surface area (Å²) >= 11 is 0. The van der Waals surface area contributed by atoms with E-state index in [1.54, 1.807) is 23.7 Å². The fourth-order valence-corrected chi connectivity index (χ4v) is 2.11. The van der Waals surface area contributed by atoms with Crippen LogP contribution in [0.25, 0.3) is 11.4 Å². The predicted octanol–water partition coefficient (Wildman–Crippen LogP) is 2.76. The normalized spacial score (nSPS) is 11.0. The summed E-state index contributed by atoms with van der Waals surface area (Å²) in [6.07, 6.45) is 0.699. The van der Waals surface area contributed by atoms with Gasteiger partial charge in [-0.25, -0.2) is 14.1 Å². The van der Waals surface area contributed by atoms with E-state index in [9.17, 15) is 9.18 Å². The Balaban J connectivity index is 2.39. The van der Waals surface area contributed by atoms with Crippen molar-refractivity contribution >= 4 is 5.97 Å². The molecule has 6 heteroatoms. The Hall–Kier alpha value is -2.24. The summed E-state index contributed by atoms with van der Waals surface area (Å²) in [4.78, 5) is 16.0. The molecule has 0 spiro atoms. The van der Waals surface area contributed by atoms with E-state index in [2.05, 4.69) is 28.7 Å². The quantitative estimate of drug-likeness (QED) is 0.797. The number of carbonyl (C=O) groups excluding carboxylic acids is 1. The third kappa shape index (κ3) is 3.69. The Bertz CT molecular complexity index is 680. The molecule has 118 valence electrons. The molecule has 2 aromatic rings. The molecule has 0 radical (unpaired) electrons. The van der Waals surface area contributed by atoms with Crippen molar-refractivity contribution in [2.45, 2.75) is 33.7 Å². The first-order valence-electron chi connectivity index (χ1n) is 7.17. The second-order valence-electron chi connectivity index (χ2n) is 5.65. The summed E-state index contributed by atoms with van der Waals surface area (Å²) in [5.74, 6) is 0.945. The van der Waals surface area contributed by atoms with Crippen LogP contribution in [0.5, 0.6) is 0 Å². The molecule has 0 aliphatic heterocycles. The van der Waals surface area contributed by atoms with Crippen LogP contribution in [0.4, 0.5) is 4.39 Å². The SMILES string of the molecule is COC(=O)Cn1nc(-c2ccc(F)c(C)c2)nc1CC(C)C. The first-order valence-corrected chi connectivity index (χ1v) is 7.17. The molecule has 1 aromatic heterocycles. The fourth-order valence-electron chi connectivity index (χ4n) is 2.11. The van der Waals surface area contributed by atoms with Crippen molar-refractivity contribution < 1.29 is 13.9 Å². The molecule has 0 aliphatic rings. The van der Waals surface area contributed by atoms with E-state index in [4.69, 9.17) is 0 Å². The van der Waals surface area contributed by atoms with Gasteiger partial charge in [0, 0.05) is 12.0 Å². The van der Waals surface area contributed by atoms with E-state index in [0.717, 1.165) is 11.4 Å². The van der Waals surface area contributed by atoms with Gasteiger partial charge in [-0.15, -0.1) is 0 Å². The van der Waals surface area contributed by atoms with Crippen molar-refractivity contribution in [2.75, 3.05) is 7.11 Å². The number of benzene rings is 1. The number of nitrogens with zero attached hydrogens (tertiary/aromatic N) is 3. The minimum Gasteiger partial charge on any atom is -0.468 e. The van der Waals surface area contributed by atoms with E-state index < -0.39 is 0 Å². The first-order chi connectivity index (χ1) is 10.4. The van der Waals surface area contributed by atoms with Gasteiger partial charge in [0.2, 0.25) is 0 Å². The maximum absolute atomic E-state index is 13.4. The molecular formula is C16H20FN3O2. The number of aryl methyl sites for hydroxylation is 1. The van der Waals surface area contributed by atoms with E-state index in [0.29, 0.717) is 23.7 Å². The number of aromatic nitrogens is 3. The van der Waals surface area contributed by atoms with Crippen molar-refractivity contribution in [1.82, 2.24) is 14.8 Å². The maximum Gasteiger partial charge on any atom is 0.327 e. The zero-order valence-corrected chi connectivity index (χ0v) is 13.3. The Labute approximate surface area is 129 Å². The standard InChI is InChI=1S/C16H20FN3O2/c1-10(2)7-14-18-16(19-20(14)9-15(21)22-4)12-5-6-13(17)11(3)8-12/h5-6,8,10H,7,9H2,1-4H3. The minimum atomic E-state index is -0.378. The number of carbonyl (C=O) groups is 1. The number of ether oxygens (including phenoxy) is 1. The maximum atomic E-state index is 13.4. The van der Waals surface area contributed by atoms with Crippen molar-refractivity contribution in [3.8, 4) is 11.4 Å². The summed E-state index contributed by atoms with van der Waals surface area (Å²) in [5.41, 5.74) is 1.26. The van der Waals surface area contributed by atoms with Crippen LogP contribution < -0.4 is 0 Å². The van der Waals surface area contributed by atoms with Crippen LogP contribution in [0.15, 0.2) is 18.2 Å². The van der Waals surface area contributed by atoms with Gasteiger partial charge in [0.1, 0.15) is 18.2 Å². The summed E-state index contributed by atoms with van der Waals surface area (Å²) < 4.78 is 19.6. The molecule has 0 saturated heterocycles. The molecule has 5 nitrogen and oxygen atoms in total. The van der Waals surface area contributed by atoms with E-state index in [-0.39, 0.29) is 18.3 Å². The lowest BCUT2D eigenvalue weighted by Gasteiger charge is -2.06. The highest BCUT2D eigenvalue weighted by molar-refractivity contribution is 5.69. The van der Waals surface area contributed by atoms with Crippen molar-refractivity contribution in [1.29, 1.82) is 0 Å². The number of rotatable bonds is 5. The zero-order chi connectivity index (χ0) is 16.3. The molecule has 22 heavy (non-hydrogen) atoms. The molecule has 2 rings (SSSR count). The molecule has 0 fully saturated rings. The summed E-state index contributed by atoms with van der Waals surface area (Å²) in [6, 6.07) is 4.74. The molecule has 0 bridgehead atoms. The van der Waals surface area contributed by atoms with Crippen LogP contribution in [-0.4, -0.2) is 27.8 Å². The van der Waals surface area contributed by atoms with Gasteiger partial charge in [0.05, 0.1) is 7.11 Å². The number of methoxy groups -OCH3 is 1. The molecule has 0 atom stereocenters. The lowest BCUT2D eigenvalue weighted by Crippen LogP contribution is -2.16. The molecular weight excluding hydrogens is 285 g/mol. The van der Waals surface area contributed by atoms with Crippen molar-refractivity contribution in [2.24, 2.45) is 5.92 Å². The number of hydrogen-bond donors (Lipinski definition) is 0. The van der Waals surface area contributed by atoms with E-state index in [1.165, 1.54) is 13.2 Å². The van der Waals surface area contributed by atoms with Gasteiger partial charge < -0.3 is 4.74 Å². The number of halogens is 1.